The van der Waals surface area contributed by atoms with Crippen LogP contribution in [-0.4, -0.2) is 0 Å². The maximum absolute atomic E-state index is 12.7. The number of hydrogen-bond acceptors (Lipinski definition) is 4. The van der Waals surface area contributed by atoms with Gasteiger partial charge in [0.2, 0.25) is 12.6 Å². The zero-order chi connectivity index (χ0) is 18.9. The molecule has 140 valence electrons. The van der Waals surface area contributed by atoms with Crippen LogP contribution in [0.4, 0.5) is 26.3 Å². The highest BCUT2D eigenvalue weighted by Gasteiger charge is 2.35. The van der Waals surface area contributed by atoms with E-state index in [1.54, 1.807) is 0 Å². The molecule has 0 bridgehead atoms. The molecule has 0 saturated carbocycles. The summed E-state index contributed by atoms with van der Waals surface area (Å²) in [5.74, 6) is 0. The normalized spacial score (nSPS) is 21.6. The molecule has 3 rings (SSSR count). The van der Waals surface area contributed by atoms with Crippen molar-refractivity contribution in [1.29, 1.82) is 0 Å². The highest BCUT2D eigenvalue weighted by molar-refractivity contribution is 5.27. The van der Waals surface area contributed by atoms with Crippen LogP contribution >= 0.6 is 0 Å². The molecule has 1 aliphatic heterocycles. The topological polar surface area (TPSA) is 36.9 Å². The van der Waals surface area contributed by atoms with E-state index in [2.05, 4.69) is 0 Å². The Kier molecular flexibility index (Phi) is 4.93. The molecule has 1 heterocycles. The van der Waals surface area contributed by atoms with Gasteiger partial charge in [0.15, 0.2) is 0 Å². The molecule has 1 saturated heterocycles. The second kappa shape index (κ2) is 6.88. The fraction of sp³-hybridized carbons (Fsp3) is 0.250. The summed E-state index contributed by atoms with van der Waals surface area (Å²) in [6.07, 6.45) is -12.0. The van der Waals surface area contributed by atoms with Crippen LogP contribution in [0.5, 0.6) is 0 Å². The second-order valence-corrected chi connectivity index (χ2v) is 5.30. The van der Waals surface area contributed by atoms with Gasteiger partial charge in [-0.1, -0.05) is 24.3 Å². The van der Waals surface area contributed by atoms with Gasteiger partial charge in [0.1, 0.15) is 0 Å². The molecule has 2 aromatic rings. The lowest BCUT2D eigenvalue weighted by molar-refractivity contribution is -0.600. The van der Waals surface area contributed by atoms with Crippen molar-refractivity contribution in [1.82, 2.24) is 0 Å². The summed E-state index contributed by atoms with van der Waals surface area (Å²) in [6.45, 7) is 0. The minimum absolute atomic E-state index is 0.0395. The van der Waals surface area contributed by atoms with Crippen molar-refractivity contribution in [3.8, 4) is 0 Å². The van der Waals surface area contributed by atoms with Crippen LogP contribution in [0.2, 0.25) is 0 Å². The lowest BCUT2D eigenvalue weighted by atomic mass is 10.1. The van der Waals surface area contributed by atoms with Gasteiger partial charge in [0.05, 0.1) is 11.1 Å². The van der Waals surface area contributed by atoms with Crippen molar-refractivity contribution in [3.05, 3.63) is 70.8 Å². The van der Waals surface area contributed by atoms with Crippen LogP contribution in [-0.2, 0) is 31.9 Å². The number of rotatable bonds is 2. The SMILES string of the molecule is FC(F)(F)c1cccc(C2OOC(c3cccc(C(F)(F)F)c3)OO2)c1. The molecule has 1 aliphatic rings. The first-order valence-electron chi connectivity index (χ1n) is 7.13. The first kappa shape index (κ1) is 18.6. The third-order valence-electron chi connectivity index (χ3n) is 3.43. The summed E-state index contributed by atoms with van der Waals surface area (Å²) in [7, 11) is 0. The molecular weight excluding hydrogens is 370 g/mol. The van der Waals surface area contributed by atoms with E-state index in [4.69, 9.17) is 19.6 Å². The minimum atomic E-state index is -4.56. The maximum atomic E-state index is 12.7. The number of alkyl halides is 6. The van der Waals surface area contributed by atoms with Gasteiger partial charge in [-0.25, -0.2) is 0 Å². The minimum Gasteiger partial charge on any atom is -0.193 e. The average Bonchev–Trinajstić information content (AvgIpc) is 2.61. The monoisotopic (exact) mass is 380 g/mol. The lowest BCUT2D eigenvalue weighted by Gasteiger charge is -2.27. The number of halogens is 6. The maximum Gasteiger partial charge on any atom is 0.416 e. The lowest BCUT2D eigenvalue weighted by Crippen LogP contribution is -2.22. The van der Waals surface area contributed by atoms with E-state index in [-0.39, 0.29) is 11.1 Å². The standard InChI is InChI=1S/C16H10F6O4/c17-15(18,19)11-5-1-3-9(7-11)13-23-25-14(26-24-13)10-4-2-6-12(8-10)16(20,21)22/h1-8,13-14H. The summed E-state index contributed by atoms with van der Waals surface area (Å²) in [5.41, 5.74) is -1.94. The third-order valence-corrected chi connectivity index (χ3v) is 3.43. The van der Waals surface area contributed by atoms with Crippen LogP contribution in [0.15, 0.2) is 48.5 Å². The third kappa shape index (κ3) is 4.15. The van der Waals surface area contributed by atoms with Crippen LogP contribution in [0, 0.1) is 0 Å². The molecule has 0 aliphatic carbocycles. The Morgan fingerprint density at radius 3 is 1.23 bits per heavy atom. The first-order valence-corrected chi connectivity index (χ1v) is 7.13. The molecule has 4 nitrogen and oxygen atoms in total. The van der Waals surface area contributed by atoms with Gasteiger partial charge in [0, 0.05) is 11.1 Å². The van der Waals surface area contributed by atoms with Crippen LogP contribution in [0.3, 0.4) is 0 Å². The zero-order valence-corrected chi connectivity index (χ0v) is 12.7. The molecule has 0 unspecified atom stereocenters. The van der Waals surface area contributed by atoms with E-state index >= 15 is 0 Å². The Bertz CT molecular complexity index is 700. The van der Waals surface area contributed by atoms with Gasteiger partial charge >= 0.3 is 12.4 Å². The average molecular weight is 380 g/mol. The van der Waals surface area contributed by atoms with Gasteiger partial charge in [-0.3, -0.25) is 0 Å². The summed E-state index contributed by atoms with van der Waals surface area (Å²) in [6, 6.07) is 8.14. The fourth-order valence-corrected chi connectivity index (χ4v) is 2.18. The van der Waals surface area contributed by atoms with Crippen LogP contribution in [0.25, 0.3) is 0 Å². The highest BCUT2D eigenvalue weighted by Crippen LogP contribution is 2.37. The van der Waals surface area contributed by atoms with Gasteiger partial charge in [0.25, 0.3) is 0 Å². The predicted molar refractivity (Wildman–Crippen MR) is 72.7 cm³/mol. The summed E-state index contributed by atoms with van der Waals surface area (Å²) in [4.78, 5) is 19.3. The fourth-order valence-electron chi connectivity index (χ4n) is 2.18. The van der Waals surface area contributed by atoms with Gasteiger partial charge in [-0.15, -0.1) is 0 Å². The molecule has 0 atom stereocenters. The van der Waals surface area contributed by atoms with Crippen molar-refractivity contribution < 1.29 is 45.9 Å². The zero-order valence-electron chi connectivity index (χ0n) is 12.7. The van der Waals surface area contributed by atoms with E-state index in [0.717, 1.165) is 36.4 Å². The Balaban J connectivity index is 1.70. The predicted octanol–water partition coefficient (Wildman–Crippen LogP) is 5.33. The molecular formula is C16H10F6O4. The molecule has 0 spiro atoms. The van der Waals surface area contributed by atoms with Gasteiger partial charge in [-0.2, -0.15) is 45.9 Å². The molecule has 0 N–H and O–H groups in total. The van der Waals surface area contributed by atoms with Crippen molar-refractivity contribution in [3.63, 3.8) is 0 Å². The number of hydrogen-bond donors (Lipinski definition) is 0. The van der Waals surface area contributed by atoms with Gasteiger partial charge in [-0.05, 0) is 24.3 Å². The van der Waals surface area contributed by atoms with E-state index in [1.165, 1.54) is 12.1 Å². The summed E-state index contributed by atoms with van der Waals surface area (Å²) >= 11 is 0. The number of benzene rings is 2. The van der Waals surface area contributed by atoms with Crippen molar-refractivity contribution >= 4 is 0 Å². The summed E-state index contributed by atoms with van der Waals surface area (Å²) < 4.78 is 76.3. The van der Waals surface area contributed by atoms with Crippen molar-refractivity contribution in [2.24, 2.45) is 0 Å². The molecule has 2 aromatic carbocycles. The molecule has 1 fully saturated rings. The van der Waals surface area contributed by atoms with Crippen LogP contribution < -0.4 is 0 Å². The molecule has 10 heteroatoms. The molecule has 26 heavy (non-hydrogen) atoms. The highest BCUT2D eigenvalue weighted by atomic mass is 19.4. The Hall–Kier alpha value is -2.14. The Morgan fingerprint density at radius 2 is 0.923 bits per heavy atom. The van der Waals surface area contributed by atoms with E-state index < -0.39 is 36.1 Å². The largest absolute Gasteiger partial charge is 0.416 e. The van der Waals surface area contributed by atoms with E-state index in [0.29, 0.717) is 0 Å². The quantitative estimate of drug-likeness (QED) is 0.521. The molecule has 0 amide bonds. The Labute approximate surface area is 142 Å². The van der Waals surface area contributed by atoms with Gasteiger partial charge < -0.3 is 0 Å². The smallest absolute Gasteiger partial charge is 0.193 e. The molecule has 0 aromatic heterocycles. The Morgan fingerprint density at radius 1 is 0.577 bits per heavy atom. The van der Waals surface area contributed by atoms with Crippen molar-refractivity contribution in [2.75, 3.05) is 0 Å². The van der Waals surface area contributed by atoms with Crippen molar-refractivity contribution in [2.45, 2.75) is 24.9 Å². The first-order chi connectivity index (χ1) is 12.1. The van der Waals surface area contributed by atoms with E-state index in [9.17, 15) is 26.3 Å². The molecule has 0 radical (unpaired) electrons. The van der Waals surface area contributed by atoms with Crippen LogP contribution in [0.1, 0.15) is 34.8 Å². The summed E-state index contributed by atoms with van der Waals surface area (Å²) in [5, 5.41) is 0. The van der Waals surface area contributed by atoms with E-state index in [1.807, 2.05) is 0 Å². The second-order valence-electron chi connectivity index (χ2n) is 5.30.